The number of amides is 2. The molecule has 10 heteroatoms. The number of hydrogen-bond acceptors (Lipinski definition) is 7. The molecule has 1 saturated heterocycles. The zero-order valence-electron chi connectivity index (χ0n) is 20.8. The normalized spacial score (nSPS) is 17.4. The molecule has 36 heavy (non-hydrogen) atoms. The van der Waals surface area contributed by atoms with E-state index < -0.39 is 5.97 Å². The van der Waals surface area contributed by atoms with E-state index in [9.17, 15) is 19.2 Å². The van der Waals surface area contributed by atoms with Crippen LogP contribution >= 0.6 is 0 Å². The number of carbonyl (C=O) groups is 3. The summed E-state index contributed by atoms with van der Waals surface area (Å²) in [6.45, 7) is 1.70. The van der Waals surface area contributed by atoms with Gasteiger partial charge in [0.2, 0.25) is 11.8 Å². The van der Waals surface area contributed by atoms with Crippen molar-refractivity contribution in [2.45, 2.75) is 25.8 Å². The van der Waals surface area contributed by atoms with Gasteiger partial charge in [-0.1, -0.05) is 12.1 Å². The van der Waals surface area contributed by atoms with E-state index in [1.807, 2.05) is 24.3 Å². The first kappa shape index (κ1) is 25.3. The summed E-state index contributed by atoms with van der Waals surface area (Å²) in [5.41, 5.74) is 1.20. The summed E-state index contributed by atoms with van der Waals surface area (Å²) >= 11 is 0. The predicted molar refractivity (Wildman–Crippen MR) is 130 cm³/mol. The minimum atomic E-state index is -0.607. The molecule has 0 bridgehead atoms. The van der Waals surface area contributed by atoms with Crippen molar-refractivity contribution in [2.75, 3.05) is 47.5 Å². The van der Waals surface area contributed by atoms with Crippen molar-refractivity contribution in [1.82, 2.24) is 14.4 Å². The summed E-state index contributed by atoms with van der Waals surface area (Å²) < 4.78 is 17.7. The van der Waals surface area contributed by atoms with Gasteiger partial charge in [0, 0.05) is 63.7 Å². The molecule has 3 heterocycles. The molecule has 0 aliphatic carbocycles. The van der Waals surface area contributed by atoms with Crippen LogP contribution in [0.3, 0.4) is 0 Å². The molecule has 0 N–H and O–H groups in total. The Morgan fingerprint density at radius 1 is 1.08 bits per heavy atom. The van der Waals surface area contributed by atoms with E-state index in [0.29, 0.717) is 43.9 Å². The molecule has 0 spiro atoms. The minimum Gasteiger partial charge on any atom is -0.497 e. The van der Waals surface area contributed by atoms with Crippen LogP contribution < -0.4 is 15.0 Å². The van der Waals surface area contributed by atoms with Crippen molar-refractivity contribution >= 4 is 17.8 Å². The smallest absolute Gasteiger partial charge is 0.343 e. The first-order valence-corrected chi connectivity index (χ1v) is 11.9. The third-order valence-corrected chi connectivity index (χ3v) is 6.72. The van der Waals surface area contributed by atoms with E-state index >= 15 is 0 Å². The largest absolute Gasteiger partial charge is 0.497 e. The quantitative estimate of drug-likeness (QED) is 0.528. The molecule has 2 aromatic rings. The van der Waals surface area contributed by atoms with Gasteiger partial charge in [-0.15, -0.1) is 0 Å². The zero-order valence-corrected chi connectivity index (χ0v) is 20.8. The monoisotopic (exact) mass is 497 g/mol. The van der Waals surface area contributed by atoms with Gasteiger partial charge in [0.15, 0.2) is 0 Å². The topological polar surface area (TPSA) is 107 Å². The van der Waals surface area contributed by atoms with Crippen LogP contribution in [0.5, 0.6) is 11.5 Å². The maximum atomic E-state index is 13.1. The lowest BCUT2D eigenvalue weighted by molar-refractivity contribution is -0.130. The molecule has 1 unspecified atom stereocenters. The highest BCUT2D eigenvalue weighted by atomic mass is 16.5. The first-order chi connectivity index (χ1) is 17.3. The fraction of sp³-hybridized carbons (Fsp3) is 0.462. The summed E-state index contributed by atoms with van der Waals surface area (Å²) in [5.74, 6) is 0.159. The summed E-state index contributed by atoms with van der Waals surface area (Å²) in [5, 5.41) is 0. The minimum absolute atomic E-state index is 0.0284. The van der Waals surface area contributed by atoms with Gasteiger partial charge in [-0.2, -0.15) is 0 Å². The molecule has 1 fully saturated rings. The average molecular weight is 498 g/mol. The number of likely N-dealkylation sites (tertiary alicyclic amines) is 1. The summed E-state index contributed by atoms with van der Waals surface area (Å²) in [6, 6.07) is 8.64. The molecule has 192 valence electrons. The van der Waals surface area contributed by atoms with Crippen LogP contribution in [0.25, 0.3) is 0 Å². The fourth-order valence-corrected chi connectivity index (χ4v) is 4.78. The van der Waals surface area contributed by atoms with Crippen molar-refractivity contribution in [3.8, 4) is 11.5 Å². The van der Waals surface area contributed by atoms with Gasteiger partial charge in [0.1, 0.15) is 17.1 Å². The zero-order chi connectivity index (χ0) is 25.8. The third kappa shape index (κ3) is 5.37. The summed E-state index contributed by atoms with van der Waals surface area (Å²) in [6.07, 6.45) is 0.860. The number of nitrogens with zero attached hydrogens (tertiary/aromatic N) is 3. The van der Waals surface area contributed by atoms with Gasteiger partial charge in [-0.3, -0.25) is 14.4 Å². The molecule has 2 aliphatic rings. The van der Waals surface area contributed by atoms with E-state index in [0.717, 1.165) is 5.56 Å². The van der Waals surface area contributed by atoms with Crippen LogP contribution in [-0.4, -0.2) is 79.7 Å². The number of fused-ring (bicyclic) bond motifs is 1. The Bertz CT molecular complexity index is 1220. The van der Waals surface area contributed by atoms with Crippen molar-refractivity contribution in [1.29, 1.82) is 0 Å². The fourth-order valence-electron chi connectivity index (χ4n) is 4.78. The lowest BCUT2D eigenvalue weighted by Crippen LogP contribution is -2.35. The van der Waals surface area contributed by atoms with Crippen molar-refractivity contribution in [3.63, 3.8) is 0 Å². The number of rotatable bonds is 7. The molecule has 10 nitrogen and oxygen atoms in total. The van der Waals surface area contributed by atoms with Crippen molar-refractivity contribution in [2.24, 2.45) is 5.92 Å². The SMILES string of the molecule is COC(=O)c1c(OCC2CC(=O)N(C)C2)cc(=O)n2c1CCN(C(=O)Cc1cccc(OC)c1)CC2. The van der Waals surface area contributed by atoms with Gasteiger partial charge in [0.05, 0.1) is 27.2 Å². The number of esters is 1. The van der Waals surface area contributed by atoms with Gasteiger partial charge in [-0.05, 0) is 17.7 Å². The number of ether oxygens (including phenoxy) is 3. The molecule has 4 rings (SSSR count). The molecule has 1 atom stereocenters. The van der Waals surface area contributed by atoms with Crippen LogP contribution in [0.15, 0.2) is 35.1 Å². The van der Waals surface area contributed by atoms with Gasteiger partial charge in [-0.25, -0.2) is 4.79 Å². The number of aromatic nitrogens is 1. The van der Waals surface area contributed by atoms with Gasteiger partial charge in [0.25, 0.3) is 5.56 Å². The standard InChI is InChI=1S/C26H31N3O7/c1-27-15-18(13-22(27)30)16-36-21-14-24(32)29-10-9-28(8-7-20(29)25(21)26(33)35-3)23(31)12-17-5-4-6-19(11-17)34-2/h4-6,11,14,18H,7-10,12-13,15-16H2,1-3H3. The highest BCUT2D eigenvalue weighted by molar-refractivity contribution is 5.93. The number of benzene rings is 1. The summed E-state index contributed by atoms with van der Waals surface area (Å²) in [4.78, 5) is 54.0. The first-order valence-electron chi connectivity index (χ1n) is 11.9. The highest BCUT2D eigenvalue weighted by Gasteiger charge is 2.30. The van der Waals surface area contributed by atoms with E-state index in [2.05, 4.69) is 0 Å². The summed E-state index contributed by atoms with van der Waals surface area (Å²) in [7, 11) is 4.59. The predicted octanol–water partition coefficient (Wildman–Crippen LogP) is 1.13. The Kier molecular flexibility index (Phi) is 7.61. The van der Waals surface area contributed by atoms with Gasteiger partial charge >= 0.3 is 5.97 Å². The average Bonchev–Trinajstić information content (AvgIpc) is 3.05. The van der Waals surface area contributed by atoms with Gasteiger partial charge < -0.3 is 28.6 Å². The lowest BCUT2D eigenvalue weighted by atomic mass is 10.1. The second-order valence-corrected chi connectivity index (χ2v) is 9.13. The molecule has 0 radical (unpaired) electrons. The number of methoxy groups -OCH3 is 2. The van der Waals surface area contributed by atoms with E-state index in [1.165, 1.54) is 17.7 Å². The van der Waals surface area contributed by atoms with E-state index in [4.69, 9.17) is 14.2 Å². The number of carbonyl (C=O) groups excluding carboxylic acids is 3. The Labute approximate surface area is 209 Å². The molecule has 1 aromatic heterocycles. The molecule has 2 aliphatic heterocycles. The highest BCUT2D eigenvalue weighted by Crippen LogP contribution is 2.26. The maximum Gasteiger partial charge on any atom is 0.343 e. The van der Waals surface area contributed by atoms with Crippen LogP contribution in [0.2, 0.25) is 0 Å². The molecule has 0 saturated carbocycles. The molecular formula is C26H31N3O7. The Morgan fingerprint density at radius 3 is 2.58 bits per heavy atom. The molecular weight excluding hydrogens is 466 g/mol. The molecule has 2 amide bonds. The van der Waals surface area contributed by atoms with E-state index in [-0.39, 0.29) is 54.2 Å². The van der Waals surface area contributed by atoms with E-state index in [1.54, 1.807) is 24.0 Å². The molecule has 1 aromatic carbocycles. The third-order valence-electron chi connectivity index (χ3n) is 6.72. The van der Waals surface area contributed by atoms with Crippen molar-refractivity contribution in [3.05, 3.63) is 57.5 Å². The number of hydrogen-bond donors (Lipinski definition) is 0. The maximum absolute atomic E-state index is 13.1. The Morgan fingerprint density at radius 2 is 1.89 bits per heavy atom. The van der Waals surface area contributed by atoms with Crippen molar-refractivity contribution < 1.29 is 28.6 Å². The Balaban J connectivity index is 1.54. The lowest BCUT2D eigenvalue weighted by Gasteiger charge is -2.20. The van der Waals surface area contributed by atoms with Crippen LogP contribution in [0, 0.1) is 5.92 Å². The second kappa shape index (κ2) is 10.8. The van der Waals surface area contributed by atoms with Crippen LogP contribution in [-0.2, 0) is 33.7 Å². The Hall–Kier alpha value is -3.82. The van der Waals surface area contributed by atoms with Crippen LogP contribution in [0.4, 0.5) is 0 Å². The second-order valence-electron chi connectivity index (χ2n) is 9.13. The van der Waals surface area contributed by atoms with Crippen LogP contribution in [0.1, 0.15) is 28.0 Å². The number of pyridine rings is 1.